The lowest BCUT2D eigenvalue weighted by atomic mass is 10.1. The Kier molecular flexibility index (Phi) is 4.52. The van der Waals surface area contributed by atoms with Crippen LogP contribution in [0.1, 0.15) is 11.8 Å². The molecule has 1 aliphatic heterocycles. The van der Waals surface area contributed by atoms with Gasteiger partial charge in [-0.15, -0.1) is 0 Å². The van der Waals surface area contributed by atoms with Crippen LogP contribution in [0.25, 0.3) is 0 Å². The number of anilines is 1. The number of halogens is 1. The zero-order chi connectivity index (χ0) is 14.7. The van der Waals surface area contributed by atoms with Gasteiger partial charge in [0.2, 0.25) is 5.95 Å². The third-order valence-corrected chi connectivity index (χ3v) is 4.16. The number of piperazine rings is 1. The van der Waals surface area contributed by atoms with Crippen molar-refractivity contribution in [3.8, 4) is 0 Å². The predicted octanol–water partition coefficient (Wildman–Crippen LogP) is 1.65. The summed E-state index contributed by atoms with van der Waals surface area (Å²) in [5.41, 5.74) is 5.94. The van der Waals surface area contributed by atoms with E-state index < -0.39 is 0 Å². The summed E-state index contributed by atoms with van der Waals surface area (Å²) in [5.74, 6) is 1.70. The van der Waals surface area contributed by atoms with Crippen molar-refractivity contribution in [1.29, 1.82) is 0 Å². The number of furan rings is 1. The van der Waals surface area contributed by atoms with Crippen molar-refractivity contribution in [3.63, 3.8) is 0 Å². The Hall–Kier alpha value is -1.44. The molecule has 0 spiro atoms. The highest BCUT2D eigenvalue weighted by Crippen LogP contribution is 2.26. The fourth-order valence-electron chi connectivity index (χ4n) is 2.64. The van der Waals surface area contributed by atoms with Crippen LogP contribution in [0.15, 0.2) is 39.7 Å². The molecule has 21 heavy (non-hydrogen) atoms. The first kappa shape index (κ1) is 14.5. The zero-order valence-corrected chi connectivity index (χ0v) is 13.2. The minimum atomic E-state index is 0.121. The molecular weight excluding hydrogens is 334 g/mol. The molecular formula is C14H18BrN5O. The van der Waals surface area contributed by atoms with E-state index in [9.17, 15) is 0 Å². The normalized spacial score (nSPS) is 17.9. The number of nitrogens with two attached hydrogens (primary N) is 1. The zero-order valence-electron chi connectivity index (χ0n) is 11.7. The van der Waals surface area contributed by atoms with Gasteiger partial charge in [0, 0.05) is 45.1 Å². The Balaban J connectivity index is 1.64. The van der Waals surface area contributed by atoms with Crippen molar-refractivity contribution in [3.05, 3.63) is 41.0 Å². The van der Waals surface area contributed by atoms with Gasteiger partial charge in [0.1, 0.15) is 5.76 Å². The molecule has 1 fully saturated rings. The van der Waals surface area contributed by atoms with Gasteiger partial charge >= 0.3 is 0 Å². The summed E-state index contributed by atoms with van der Waals surface area (Å²) in [6, 6.07) is 5.84. The summed E-state index contributed by atoms with van der Waals surface area (Å²) in [6.07, 6.45) is 3.55. The molecule has 0 amide bonds. The Morgan fingerprint density at radius 2 is 1.90 bits per heavy atom. The quantitative estimate of drug-likeness (QED) is 0.902. The Morgan fingerprint density at radius 3 is 2.48 bits per heavy atom. The molecule has 1 saturated heterocycles. The van der Waals surface area contributed by atoms with E-state index in [1.54, 1.807) is 12.4 Å². The van der Waals surface area contributed by atoms with Crippen LogP contribution in [0.4, 0.5) is 5.95 Å². The maximum absolute atomic E-state index is 5.94. The lowest BCUT2D eigenvalue weighted by Crippen LogP contribution is -2.49. The first-order valence-corrected chi connectivity index (χ1v) is 7.78. The van der Waals surface area contributed by atoms with E-state index >= 15 is 0 Å². The molecule has 1 aliphatic rings. The average molecular weight is 352 g/mol. The maximum Gasteiger partial charge on any atom is 0.225 e. The van der Waals surface area contributed by atoms with Crippen LogP contribution >= 0.6 is 15.9 Å². The molecule has 0 bridgehead atoms. The van der Waals surface area contributed by atoms with Crippen LogP contribution in [0.2, 0.25) is 0 Å². The standard InChI is InChI=1S/C14H18BrN5O/c15-13-3-2-12(21-13)11(10-16)19-6-8-20(9-7-19)14-17-4-1-5-18-14/h1-5,11H,6-10,16H2. The summed E-state index contributed by atoms with van der Waals surface area (Å²) in [4.78, 5) is 13.2. The average Bonchev–Trinajstić information content (AvgIpc) is 2.96. The second kappa shape index (κ2) is 6.55. The van der Waals surface area contributed by atoms with E-state index in [0.717, 1.165) is 42.6 Å². The van der Waals surface area contributed by atoms with Crippen LogP contribution < -0.4 is 10.6 Å². The maximum atomic E-state index is 5.94. The van der Waals surface area contributed by atoms with Crippen molar-refractivity contribution in [2.75, 3.05) is 37.6 Å². The largest absolute Gasteiger partial charge is 0.453 e. The van der Waals surface area contributed by atoms with Gasteiger partial charge in [0.05, 0.1) is 6.04 Å². The van der Waals surface area contributed by atoms with Crippen molar-refractivity contribution in [2.24, 2.45) is 5.73 Å². The number of hydrogen-bond donors (Lipinski definition) is 1. The van der Waals surface area contributed by atoms with Gasteiger partial charge in [0.15, 0.2) is 4.67 Å². The molecule has 0 aliphatic carbocycles. The molecule has 2 aromatic rings. The monoisotopic (exact) mass is 351 g/mol. The lowest BCUT2D eigenvalue weighted by molar-refractivity contribution is 0.168. The summed E-state index contributed by atoms with van der Waals surface area (Å²) in [6.45, 7) is 4.16. The third kappa shape index (κ3) is 3.25. The topological polar surface area (TPSA) is 71.4 Å². The molecule has 6 nitrogen and oxygen atoms in total. The first-order valence-electron chi connectivity index (χ1n) is 6.99. The first-order chi connectivity index (χ1) is 10.3. The second-order valence-electron chi connectivity index (χ2n) is 4.97. The molecule has 112 valence electrons. The van der Waals surface area contributed by atoms with Crippen LogP contribution in [0, 0.1) is 0 Å². The Bertz CT molecular complexity index is 568. The highest BCUT2D eigenvalue weighted by molar-refractivity contribution is 9.10. The van der Waals surface area contributed by atoms with Gasteiger partial charge in [-0.05, 0) is 34.1 Å². The number of hydrogen-bond acceptors (Lipinski definition) is 6. The summed E-state index contributed by atoms with van der Waals surface area (Å²) in [7, 11) is 0. The van der Waals surface area contributed by atoms with Crippen molar-refractivity contribution in [1.82, 2.24) is 14.9 Å². The SMILES string of the molecule is NCC(c1ccc(Br)o1)N1CCN(c2ncccn2)CC1. The fraction of sp³-hybridized carbons (Fsp3) is 0.429. The smallest absolute Gasteiger partial charge is 0.225 e. The second-order valence-corrected chi connectivity index (χ2v) is 5.75. The predicted molar refractivity (Wildman–Crippen MR) is 84.0 cm³/mol. The van der Waals surface area contributed by atoms with Gasteiger partial charge in [0.25, 0.3) is 0 Å². The van der Waals surface area contributed by atoms with E-state index in [4.69, 9.17) is 10.2 Å². The fourth-order valence-corrected chi connectivity index (χ4v) is 2.96. The van der Waals surface area contributed by atoms with Crippen molar-refractivity contribution in [2.45, 2.75) is 6.04 Å². The third-order valence-electron chi connectivity index (χ3n) is 3.74. The molecule has 0 aromatic carbocycles. The van der Waals surface area contributed by atoms with E-state index in [0.29, 0.717) is 6.54 Å². The number of aromatic nitrogens is 2. The van der Waals surface area contributed by atoms with Crippen LogP contribution in [-0.2, 0) is 0 Å². The minimum Gasteiger partial charge on any atom is -0.453 e. The molecule has 2 aromatic heterocycles. The van der Waals surface area contributed by atoms with Gasteiger partial charge in [-0.2, -0.15) is 0 Å². The van der Waals surface area contributed by atoms with E-state index in [1.807, 2.05) is 18.2 Å². The molecule has 0 radical (unpaired) electrons. The van der Waals surface area contributed by atoms with Crippen LogP contribution in [0.5, 0.6) is 0 Å². The molecule has 3 rings (SSSR count). The Labute approximate surface area is 132 Å². The molecule has 1 atom stereocenters. The number of rotatable bonds is 4. The van der Waals surface area contributed by atoms with Gasteiger partial charge in [-0.1, -0.05) is 0 Å². The van der Waals surface area contributed by atoms with Gasteiger partial charge in [-0.25, -0.2) is 9.97 Å². The summed E-state index contributed by atoms with van der Waals surface area (Å²) in [5, 5.41) is 0. The molecule has 1 unspecified atom stereocenters. The van der Waals surface area contributed by atoms with Crippen LogP contribution in [0.3, 0.4) is 0 Å². The molecule has 0 saturated carbocycles. The van der Waals surface area contributed by atoms with Crippen LogP contribution in [-0.4, -0.2) is 47.6 Å². The van der Waals surface area contributed by atoms with Gasteiger partial charge in [-0.3, -0.25) is 4.90 Å². The van der Waals surface area contributed by atoms with Crippen molar-refractivity contribution >= 4 is 21.9 Å². The molecule has 2 N–H and O–H groups in total. The summed E-state index contributed by atoms with van der Waals surface area (Å²) >= 11 is 3.34. The van der Waals surface area contributed by atoms with E-state index in [1.165, 1.54) is 0 Å². The minimum absolute atomic E-state index is 0.121. The lowest BCUT2D eigenvalue weighted by Gasteiger charge is -2.38. The Morgan fingerprint density at radius 1 is 1.19 bits per heavy atom. The van der Waals surface area contributed by atoms with E-state index in [2.05, 4.69) is 35.7 Å². The van der Waals surface area contributed by atoms with Crippen molar-refractivity contribution < 1.29 is 4.42 Å². The number of nitrogens with zero attached hydrogens (tertiary/aromatic N) is 4. The highest BCUT2D eigenvalue weighted by Gasteiger charge is 2.26. The molecule has 7 heteroatoms. The highest BCUT2D eigenvalue weighted by atomic mass is 79.9. The molecule has 3 heterocycles. The van der Waals surface area contributed by atoms with E-state index in [-0.39, 0.29) is 6.04 Å². The van der Waals surface area contributed by atoms with Gasteiger partial charge < -0.3 is 15.1 Å². The summed E-state index contributed by atoms with van der Waals surface area (Å²) < 4.78 is 6.40.